The molecular formula is C14H27NO. The summed E-state index contributed by atoms with van der Waals surface area (Å²) in [7, 11) is 4.29. The van der Waals surface area contributed by atoms with Crippen LogP contribution in [0.3, 0.4) is 0 Å². The number of aliphatic hydroxyl groups is 1. The molecule has 2 saturated carbocycles. The molecule has 2 aliphatic carbocycles. The van der Waals surface area contributed by atoms with Gasteiger partial charge < -0.3 is 10.0 Å². The summed E-state index contributed by atoms with van der Waals surface area (Å²) in [4.78, 5) is 2.30. The summed E-state index contributed by atoms with van der Waals surface area (Å²) in [6.45, 7) is 2.34. The Morgan fingerprint density at radius 1 is 1.19 bits per heavy atom. The Morgan fingerprint density at radius 2 is 1.75 bits per heavy atom. The van der Waals surface area contributed by atoms with E-state index < -0.39 is 0 Å². The molecule has 2 aliphatic rings. The van der Waals surface area contributed by atoms with Gasteiger partial charge in [0.1, 0.15) is 0 Å². The number of hydrogen-bond donors (Lipinski definition) is 1. The predicted octanol–water partition coefficient (Wildman–Crippen LogP) is 2.66. The highest BCUT2D eigenvalue weighted by atomic mass is 16.3. The molecule has 1 unspecified atom stereocenters. The van der Waals surface area contributed by atoms with E-state index in [1.165, 1.54) is 38.5 Å². The zero-order chi connectivity index (χ0) is 11.8. The minimum absolute atomic E-state index is 0.0785. The summed E-state index contributed by atoms with van der Waals surface area (Å²) in [6.07, 6.45) is 8.52. The third-order valence-electron chi connectivity index (χ3n) is 4.90. The first-order valence-electron chi connectivity index (χ1n) is 6.90. The molecule has 16 heavy (non-hydrogen) atoms. The van der Waals surface area contributed by atoms with Crippen molar-refractivity contribution in [3.05, 3.63) is 0 Å². The van der Waals surface area contributed by atoms with Gasteiger partial charge in [0, 0.05) is 5.54 Å². The lowest BCUT2D eigenvalue weighted by molar-refractivity contribution is -0.0449. The maximum Gasteiger partial charge on any atom is 0.0726 e. The van der Waals surface area contributed by atoms with Crippen LogP contribution in [0.2, 0.25) is 0 Å². The van der Waals surface area contributed by atoms with E-state index in [1.807, 2.05) is 0 Å². The van der Waals surface area contributed by atoms with Crippen molar-refractivity contribution in [1.82, 2.24) is 4.90 Å². The van der Waals surface area contributed by atoms with Crippen molar-refractivity contribution in [2.75, 3.05) is 14.1 Å². The van der Waals surface area contributed by atoms with Crippen LogP contribution in [-0.2, 0) is 0 Å². The molecule has 0 aromatic carbocycles. The minimum Gasteiger partial charge on any atom is -0.391 e. The van der Waals surface area contributed by atoms with Crippen LogP contribution in [0, 0.1) is 11.8 Å². The van der Waals surface area contributed by atoms with Gasteiger partial charge in [-0.15, -0.1) is 0 Å². The Kier molecular flexibility index (Phi) is 3.60. The second kappa shape index (κ2) is 4.66. The van der Waals surface area contributed by atoms with Crippen molar-refractivity contribution in [3.8, 4) is 0 Å². The molecule has 94 valence electrons. The van der Waals surface area contributed by atoms with E-state index in [0.29, 0.717) is 0 Å². The molecule has 0 bridgehead atoms. The van der Waals surface area contributed by atoms with Crippen molar-refractivity contribution in [2.45, 2.75) is 63.5 Å². The molecule has 2 nitrogen and oxygen atoms in total. The van der Waals surface area contributed by atoms with Crippen molar-refractivity contribution in [3.63, 3.8) is 0 Å². The average molecular weight is 225 g/mol. The van der Waals surface area contributed by atoms with Gasteiger partial charge in [0.2, 0.25) is 0 Å². The fourth-order valence-corrected chi connectivity index (χ4v) is 3.23. The van der Waals surface area contributed by atoms with Gasteiger partial charge in [-0.25, -0.2) is 0 Å². The summed E-state index contributed by atoms with van der Waals surface area (Å²) in [5.41, 5.74) is 0.0785. The topological polar surface area (TPSA) is 23.5 Å². The second-order valence-corrected chi connectivity index (χ2v) is 6.38. The molecular weight excluding hydrogens is 198 g/mol. The molecule has 0 heterocycles. The number of likely N-dealkylation sites (N-methyl/N-ethyl adjacent to an activating group) is 1. The van der Waals surface area contributed by atoms with E-state index in [1.54, 1.807) is 0 Å². The van der Waals surface area contributed by atoms with E-state index in [2.05, 4.69) is 25.9 Å². The third-order valence-corrected chi connectivity index (χ3v) is 4.90. The van der Waals surface area contributed by atoms with E-state index in [0.717, 1.165) is 18.3 Å². The Balaban J connectivity index is 2.01. The van der Waals surface area contributed by atoms with E-state index >= 15 is 0 Å². The molecule has 2 heteroatoms. The molecule has 0 aromatic heterocycles. The summed E-state index contributed by atoms with van der Waals surface area (Å²) < 4.78 is 0. The molecule has 1 atom stereocenters. The largest absolute Gasteiger partial charge is 0.391 e. The third kappa shape index (κ3) is 2.43. The smallest absolute Gasteiger partial charge is 0.0726 e. The first-order valence-corrected chi connectivity index (χ1v) is 6.90. The van der Waals surface area contributed by atoms with E-state index in [-0.39, 0.29) is 11.6 Å². The van der Waals surface area contributed by atoms with Crippen molar-refractivity contribution < 1.29 is 5.11 Å². The lowest BCUT2D eigenvalue weighted by Gasteiger charge is -2.48. The highest BCUT2D eigenvalue weighted by molar-refractivity contribution is 4.99. The number of rotatable bonds is 4. The zero-order valence-electron chi connectivity index (χ0n) is 11.1. The van der Waals surface area contributed by atoms with Gasteiger partial charge in [-0.1, -0.05) is 19.8 Å². The summed E-state index contributed by atoms with van der Waals surface area (Å²) in [5.74, 6) is 1.67. The normalized spacial score (nSPS) is 37.7. The molecule has 1 N–H and O–H groups in total. The van der Waals surface area contributed by atoms with E-state index in [9.17, 15) is 5.11 Å². The van der Waals surface area contributed by atoms with Crippen LogP contribution in [0.25, 0.3) is 0 Å². The maximum atomic E-state index is 10.5. The van der Waals surface area contributed by atoms with Crippen LogP contribution in [0.4, 0.5) is 0 Å². The molecule has 0 aromatic rings. The molecule has 0 amide bonds. The van der Waals surface area contributed by atoms with Crippen LogP contribution in [0.1, 0.15) is 51.9 Å². The Morgan fingerprint density at radius 3 is 2.19 bits per heavy atom. The molecule has 0 aliphatic heterocycles. The van der Waals surface area contributed by atoms with Gasteiger partial charge >= 0.3 is 0 Å². The summed E-state index contributed by atoms with van der Waals surface area (Å²) in [6, 6.07) is 0. The number of aliphatic hydroxyl groups excluding tert-OH is 1. The minimum atomic E-state index is -0.109. The van der Waals surface area contributed by atoms with Crippen LogP contribution in [0.5, 0.6) is 0 Å². The SMILES string of the molecule is CC1CCC(C(O)CC2CC2)(N(C)C)CC1. The van der Waals surface area contributed by atoms with Crippen LogP contribution in [0.15, 0.2) is 0 Å². The Labute approximate surface area is 100 Å². The van der Waals surface area contributed by atoms with Gasteiger partial charge in [0.05, 0.1) is 6.10 Å². The standard InChI is InChI=1S/C14H27NO/c1-11-6-8-14(9-7-11,15(2)3)13(16)10-12-4-5-12/h11-13,16H,4-10H2,1-3H3. The maximum absolute atomic E-state index is 10.5. The highest BCUT2D eigenvalue weighted by Gasteiger charge is 2.44. The fourth-order valence-electron chi connectivity index (χ4n) is 3.23. The first-order chi connectivity index (χ1) is 7.54. The monoisotopic (exact) mass is 225 g/mol. The lowest BCUT2D eigenvalue weighted by Crippen LogP contribution is -2.55. The van der Waals surface area contributed by atoms with Crippen molar-refractivity contribution >= 4 is 0 Å². The number of hydrogen-bond acceptors (Lipinski definition) is 2. The fraction of sp³-hybridized carbons (Fsp3) is 1.00. The van der Waals surface area contributed by atoms with Crippen molar-refractivity contribution in [2.24, 2.45) is 11.8 Å². The zero-order valence-corrected chi connectivity index (χ0v) is 11.1. The molecule has 0 saturated heterocycles. The van der Waals surface area contributed by atoms with Crippen LogP contribution < -0.4 is 0 Å². The van der Waals surface area contributed by atoms with Gasteiger partial charge in [-0.3, -0.25) is 0 Å². The first kappa shape index (κ1) is 12.4. The number of nitrogens with zero attached hydrogens (tertiary/aromatic N) is 1. The Bertz CT molecular complexity index is 227. The lowest BCUT2D eigenvalue weighted by atomic mass is 9.72. The second-order valence-electron chi connectivity index (χ2n) is 6.38. The molecule has 0 spiro atoms. The van der Waals surface area contributed by atoms with Gasteiger partial charge in [-0.2, -0.15) is 0 Å². The molecule has 2 rings (SSSR count). The van der Waals surface area contributed by atoms with Crippen molar-refractivity contribution in [1.29, 1.82) is 0 Å². The molecule has 0 radical (unpaired) electrons. The predicted molar refractivity (Wildman–Crippen MR) is 67.4 cm³/mol. The molecule has 2 fully saturated rings. The average Bonchev–Trinajstić information content (AvgIpc) is 3.02. The van der Waals surface area contributed by atoms with Crippen LogP contribution in [-0.4, -0.2) is 35.7 Å². The van der Waals surface area contributed by atoms with Gasteiger partial charge in [0.15, 0.2) is 0 Å². The van der Waals surface area contributed by atoms with Gasteiger partial charge in [-0.05, 0) is 58.0 Å². The van der Waals surface area contributed by atoms with Crippen LogP contribution >= 0.6 is 0 Å². The van der Waals surface area contributed by atoms with Gasteiger partial charge in [0.25, 0.3) is 0 Å². The Hall–Kier alpha value is -0.0800. The van der Waals surface area contributed by atoms with E-state index in [4.69, 9.17) is 0 Å². The summed E-state index contributed by atoms with van der Waals surface area (Å²) in [5, 5.41) is 10.5. The highest BCUT2D eigenvalue weighted by Crippen LogP contribution is 2.42. The quantitative estimate of drug-likeness (QED) is 0.795. The summed E-state index contributed by atoms with van der Waals surface area (Å²) >= 11 is 0.